The van der Waals surface area contributed by atoms with Crippen molar-refractivity contribution < 1.29 is 0 Å². The first-order chi connectivity index (χ1) is 9.16. The Bertz CT molecular complexity index is 230. The first-order valence-corrected chi connectivity index (χ1v) is 9.16. The van der Waals surface area contributed by atoms with Crippen LogP contribution in [0.15, 0.2) is 0 Å². The van der Waals surface area contributed by atoms with Gasteiger partial charge in [-0.05, 0) is 42.4 Å². The van der Waals surface area contributed by atoms with Gasteiger partial charge in [-0.2, -0.15) is 0 Å². The van der Waals surface area contributed by atoms with Gasteiger partial charge in [0, 0.05) is 0 Å². The Hall–Kier alpha value is 0. The summed E-state index contributed by atoms with van der Waals surface area (Å²) in [4.78, 5) is 0. The molecule has 0 saturated heterocycles. The lowest BCUT2D eigenvalue weighted by molar-refractivity contribution is 0.189. The maximum absolute atomic E-state index is 2.54. The monoisotopic (exact) mass is 264 g/mol. The molecular weight excluding hydrogens is 228 g/mol. The van der Waals surface area contributed by atoms with E-state index in [1.807, 2.05) is 0 Å². The van der Waals surface area contributed by atoms with E-state index >= 15 is 0 Å². The minimum atomic E-state index is 0.985. The van der Waals surface area contributed by atoms with Crippen LogP contribution in [-0.2, 0) is 0 Å². The van der Waals surface area contributed by atoms with Gasteiger partial charge in [0.15, 0.2) is 0 Å². The highest BCUT2D eigenvalue weighted by atomic mass is 14.3. The van der Waals surface area contributed by atoms with Crippen molar-refractivity contribution in [1.29, 1.82) is 0 Å². The fraction of sp³-hybridized carbons (Fsp3) is 1.00. The molecule has 0 heterocycles. The lowest BCUT2D eigenvalue weighted by Gasteiger charge is -2.33. The largest absolute Gasteiger partial charge is 0.0625 e. The van der Waals surface area contributed by atoms with Gasteiger partial charge in [-0.25, -0.2) is 0 Å². The smallest absolute Gasteiger partial charge is 0.0388 e. The molecule has 0 spiro atoms. The molecule has 0 bridgehead atoms. The van der Waals surface area contributed by atoms with Crippen LogP contribution >= 0.6 is 0 Å². The molecule has 2 saturated carbocycles. The Morgan fingerprint density at radius 2 is 1.16 bits per heavy atom. The third kappa shape index (κ3) is 4.80. The average Bonchev–Trinajstić information content (AvgIpc) is 2.46. The molecule has 2 aliphatic carbocycles. The van der Waals surface area contributed by atoms with E-state index in [9.17, 15) is 0 Å². The maximum atomic E-state index is 2.54. The number of rotatable bonds is 5. The van der Waals surface area contributed by atoms with Crippen LogP contribution in [0.5, 0.6) is 0 Å². The van der Waals surface area contributed by atoms with Gasteiger partial charge in [0.2, 0.25) is 0 Å². The van der Waals surface area contributed by atoms with E-state index in [1.165, 1.54) is 70.6 Å². The van der Waals surface area contributed by atoms with E-state index in [2.05, 4.69) is 20.8 Å². The molecule has 112 valence electrons. The predicted octanol–water partition coefficient (Wildman–Crippen LogP) is 6.45. The van der Waals surface area contributed by atoms with Crippen molar-refractivity contribution in [1.82, 2.24) is 0 Å². The Morgan fingerprint density at radius 1 is 0.684 bits per heavy atom. The summed E-state index contributed by atoms with van der Waals surface area (Å²) in [6.45, 7) is 7.51. The third-order valence-corrected chi connectivity index (χ3v) is 6.40. The molecule has 0 aromatic rings. The Morgan fingerprint density at radius 3 is 1.68 bits per heavy atom. The second kappa shape index (κ2) is 7.70. The van der Waals surface area contributed by atoms with Crippen LogP contribution in [0.25, 0.3) is 0 Å². The average molecular weight is 264 g/mol. The van der Waals surface area contributed by atoms with Gasteiger partial charge in [0.05, 0.1) is 0 Å². The summed E-state index contributed by atoms with van der Waals surface area (Å²) in [7, 11) is 0. The molecule has 0 aliphatic heterocycles. The standard InChI is InChI=1S/C19H36/c1-15-9-13-19(14-10-15)17(3)12-11-16(2)18-7-5-4-6-8-18/h15-19H,4-14H2,1-3H3. The molecule has 2 fully saturated rings. The zero-order valence-corrected chi connectivity index (χ0v) is 13.7. The summed E-state index contributed by atoms with van der Waals surface area (Å²) < 4.78 is 0. The highest BCUT2D eigenvalue weighted by Crippen LogP contribution is 2.37. The molecule has 0 radical (unpaired) electrons. The molecule has 19 heavy (non-hydrogen) atoms. The molecule has 0 amide bonds. The number of hydrogen-bond acceptors (Lipinski definition) is 0. The maximum Gasteiger partial charge on any atom is -0.0388 e. The van der Waals surface area contributed by atoms with Gasteiger partial charge >= 0.3 is 0 Å². The zero-order valence-electron chi connectivity index (χ0n) is 13.7. The second-order valence-corrected chi connectivity index (χ2v) is 7.95. The summed E-state index contributed by atoms with van der Waals surface area (Å²) in [6, 6.07) is 0. The SMILES string of the molecule is CC1CCC(C(C)CCC(C)C2CCCCC2)CC1. The molecule has 0 aromatic heterocycles. The first-order valence-electron chi connectivity index (χ1n) is 9.16. The van der Waals surface area contributed by atoms with Gasteiger partial charge in [-0.15, -0.1) is 0 Å². The Kier molecular flexibility index (Phi) is 6.23. The first kappa shape index (κ1) is 15.4. The van der Waals surface area contributed by atoms with Crippen LogP contribution < -0.4 is 0 Å². The highest BCUT2D eigenvalue weighted by Gasteiger charge is 2.25. The summed E-state index contributed by atoms with van der Waals surface area (Å²) in [5.74, 6) is 5.09. The van der Waals surface area contributed by atoms with Crippen molar-refractivity contribution in [3.8, 4) is 0 Å². The number of hydrogen-bond donors (Lipinski definition) is 0. The molecule has 0 heteroatoms. The molecule has 2 rings (SSSR count). The summed E-state index contributed by atoms with van der Waals surface area (Å²) >= 11 is 0. The van der Waals surface area contributed by atoms with Crippen molar-refractivity contribution in [3.63, 3.8) is 0 Å². The second-order valence-electron chi connectivity index (χ2n) is 7.95. The van der Waals surface area contributed by atoms with Gasteiger partial charge < -0.3 is 0 Å². The Balaban J connectivity index is 1.66. The molecule has 2 aliphatic rings. The van der Waals surface area contributed by atoms with Crippen LogP contribution in [0, 0.1) is 29.6 Å². The molecule has 2 atom stereocenters. The highest BCUT2D eigenvalue weighted by molar-refractivity contribution is 4.76. The van der Waals surface area contributed by atoms with Crippen LogP contribution in [0.2, 0.25) is 0 Å². The summed E-state index contributed by atoms with van der Waals surface area (Å²) in [5.41, 5.74) is 0. The van der Waals surface area contributed by atoms with E-state index < -0.39 is 0 Å². The normalized spacial score (nSPS) is 33.0. The fourth-order valence-electron chi connectivity index (χ4n) is 4.56. The van der Waals surface area contributed by atoms with E-state index in [4.69, 9.17) is 0 Å². The Labute approximate surface area is 121 Å². The van der Waals surface area contributed by atoms with Gasteiger partial charge in [0.25, 0.3) is 0 Å². The minimum Gasteiger partial charge on any atom is -0.0625 e. The van der Waals surface area contributed by atoms with Crippen LogP contribution in [0.4, 0.5) is 0 Å². The molecule has 0 N–H and O–H groups in total. The molecule has 0 aromatic carbocycles. The minimum absolute atomic E-state index is 0.985. The van der Waals surface area contributed by atoms with Gasteiger partial charge in [-0.3, -0.25) is 0 Å². The zero-order chi connectivity index (χ0) is 13.7. The third-order valence-electron chi connectivity index (χ3n) is 6.40. The van der Waals surface area contributed by atoms with E-state index in [0.29, 0.717) is 0 Å². The molecular formula is C19H36. The topological polar surface area (TPSA) is 0 Å². The van der Waals surface area contributed by atoms with Gasteiger partial charge in [-0.1, -0.05) is 78.6 Å². The lowest BCUT2D eigenvalue weighted by atomic mass is 9.73. The van der Waals surface area contributed by atoms with Crippen molar-refractivity contribution >= 4 is 0 Å². The van der Waals surface area contributed by atoms with Crippen LogP contribution in [0.1, 0.15) is 91.4 Å². The van der Waals surface area contributed by atoms with Crippen molar-refractivity contribution in [2.24, 2.45) is 29.6 Å². The lowest BCUT2D eigenvalue weighted by Crippen LogP contribution is -2.21. The van der Waals surface area contributed by atoms with Crippen LogP contribution in [0.3, 0.4) is 0 Å². The van der Waals surface area contributed by atoms with Crippen LogP contribution in [-0.4, -0.2) is 0 Å². The molecule has 2 unspecified atom stereocenters. The molecule has 0 nitrogen and oxygen atoms in total. The van der Waals surface area contributed by atoms with Crippen molar-refractivity contribution in [2.75, 3.05) is 0 Å². The fourth-order valence-corrected chi connectivity index (χ4v) is 4.56. The van der Waals surface area contributed by atoms with E-state index in [0.717, 1.165) is 29.6 Å². The van der Waals surface area contributed by atoms with Crippen molar-refractivity contribution in [2.45, 2.75) is 91.4 Å². The van der Waals surface area contributed by atoms with E-state index in [-0.39, 0.29) is 0 Å². The van der Waals surface area contributed by atoms with Gasteiger partial charge in [0.1, 0.15) is 0 Å². The quantitative estimate of drug-likeness (QED) is 0.535. The van der Waals surface area contributed by atoms with E-state index in [1.54, 1.807) is 0 Å². The summed E-state index contributed by atoms with van der Waals surface area (Å²) in [6.07, 6.45) is 16.6. The summed E-state index contributed by atoms with van der Waals surface area (Å²) in [5, 5.41) is 0. The van der Waals surface area contributed by atoms with Crippen molar-refractivity contribution in [3.05, 3.63) is 0 Å². The predicted molar refractivity (Wildman–Crippen MR) is 85.3 cm³/mol.